The number of carbonyl (C=O) groups excluding carboxylic acids is 2. The number of likely N-dealkylation sites (tertiary alicyclic amines) is 1. The van der Waals surface area contributed by atoms with Gasteiger partial charge in [0.2, 0.25) is 0 Å². The molecule has 1 aliphatic heterocycles. The molecule has 0 radical (unpaired) electrons. The van der Waals surface area contributed by atoms with E-state index in [2.05, 4.69) is 15.9 Å². The first-order valence-electron chi connectivity index (χ1n) is 4.66. The van der Waals surface area contributed by atoms with E-state index in [0.717, 1.165) is 4.90 Å². The summed E-state index contributed by atoms with van der Waals surface area (Å²) in [4.78, 5) is 23.6. The van der Waals surface area contributed by atoms with Crippen molar-refractivity contribution in [1.29, 1.82) is 0 Å². The number of alkyl halides is 3. The molecular formula is C9H12BrF2NO2. The van der Waals surface area contributed by atoms with E-state index < -0.39 is 18.4 Å². The first kappa shape index (κ1) is 12.5. The third kappa shape index (κ3) is 2.53. The summed E-state index contributed by atoms with van der Waals surface area (Å²) in [6, 6.07) is -0.689. The van der Waals surface area contributed by atoms with E-state index in [1.807, 2.05) is 0 Å². The SMILES string of the molecule is CC1CCN(C(=O)C(F)F)C1C(=O)CBr. The fourth-order valence-corrected chi connectivity index (χ4v) is 2.22. The molecule has 1 amide bonds. The zero-order valence-corrected chi connectivity index (χ0v) is 9.84. The number of hydrogen-bond acceptors (Lipinski definition) is 2. The average Bonchev–Trinajstić information content (AvgIpc) is 2.57. The Morgan fingerprint density at radius 2 is 2.13 bits per heavy atom. The van der Waals surface area contributed by atoms with Crippen LogP contribution in [0.2, 0.25) is 0 Å². The molecule has 0 aromatic heterocycles. The fraction of sp³-hybridized carbons (Fsp3) is 0.778. The molecule has 1 rings (SSSR count). The monoisotopic (exact) mass is 283 g/mol. The minimum atomic E-state index is -3.03. The summed E-state index contributed by atoms with van der Waals surface area (Å²) < 4.78 is 24.5. The van der Waals surface area contributed by atoms with Crippen molar-refractivity contribution in [1.82, 2.24) is 4.90 Å². The number of amides is 1. The fourth-order valence-electron chi connectivity index (χ4n) is 1.89. The third-order valence-electron chi connectivity index (χ3n) is 2.63. The number of ketones is 1. The highest BCUT2D eigenvalue weighted by atomic mass is 79.9. The van der Waals surface area contributed by atoms with Crippen LogP contribution >= 0.6 is 15.9 Å². The molecule has 0 bridgehead atoms. The van der Waals surface area contributed by atoms with Crippen molar-refractivity contribution in [2.75, 3.05) is 11.9 Å². The zero-order chi connectivity index (χ0) is 11.6. The number of Topliss-reactive ketones (excluding diaryl/α,β-unsaturated/α-hetero) is 1. The first-order chi connectivity index (χ1) is 6.99. The van der Waals surface area contributed by atoms with E-state index in [1.54, 1.807) is 6.92 Å². The van der Waals surface area contributed by atoms with Gasteiger partial charge in [0.15, 0.2) is 5.78 Å². The Hall–Kier alpha value is -0.520. The van der Waals surface area contributed by atoms with Crippen LogP contribution in [0.25, 0.3) is 0 Å². The molecule has 0 N–H and O–H groups in total. The van der Waals surface area contributed by atoms with Crippen LogP contribution in [0.15, 0.2) is 0 Å². The van der Waals surface area contributed by atoms with E-state index >= 15 is 0 Å². The van der Waals surface area contributed by atoms with Gasteiger partial charge in [0.1, 0.15) is 0 Å². The summed E-state index contributed by atoms with van der Waals surface area (Å²) in [6.45, 7) is 2.04. The van der Waals surface area contributed by atoms with Gasteiger partial charge in [-0.2, -0.15) is 8.78 Å². The van der Waals surface area contributed by atoms with Crippen molar-refractivity contribution in [2.45, 2.75) is 25.8 Å². The predicted octanol–water partition coefficient (Wildman–Crippen LogP) is 1.45. The Labute approximate surface area is 94.9 Å². The lowest BCUT2D eigenvalue weighted by molar-refractivity contribution is -0.147. The third-order valence-corrected chi connectivity index (χ3v) is 3.18. The van der Waals surface area contributed by atoms with Crippen LogP contribution < -0.4 is 0 Å². The highest BCUT2D eigenvalue weighted by molar-refractivity contribution is 9.09. The average molecular weight is 284 g/mol. The van der Waals surface area contributed by atoms with Crippen LogP contribution in [0.4, 0.5) is 8.78 Å². The van der Waals surface area contributed by atoms with Crippen LogP contribution in [0.1, 0.15) is 13.3 Å². The normalized spacial score (nSPS) is 26.1. The molecule has 2 unspecified atom stereocenters. The molecular weight excluding hydrogens is 272 g/mol. The van der Waals surface area contributed by atoms with Gasteiger partial charge in [-0.1, -0.05) is 22.9 Å². The van der Waals surface area contributed by atoms with E-state index in [-0.39, 0.29) is 23.6 Å². The molecule has 1 fully saturated rings. The Kier molecular flexibility index (Phi) is 4.19. The lowest BCUT2D eigenvalue weighted by Gasteiger charge is -2.24. The molecule has 6 heteroatoms. The van der Waals surface area contributed by atoms with Gasteiger partial charge in [0, 0.05) is 6.54 Å². The summed E-state index contributed by atoms with van der Waals surface area (Å²) in [5.74, 6) is -1.50. The van der Waals surface area contributed by atoms with Crippen LogP contribution in [0.5, 0.6) is 0 Å². The summed E-state index contributed by atoms with van der Waals surface area (Å²) >= 11 is 2.99. The van der Waals surface area contributed by atoms with Crippen molar-refractivity contribution >= 4 is 27.6 Å². The number of carbonyl (C=O) groups is 2. The maximum atomic E-state index is 12.2. The van der Waals surface area contributed by atoms with Gasteiger partial charge in [-0.15, -0.1) is 0 Å². The smallest absolute Gasteiger partial charge is 0.315 e. The van der Waals surface area contributed by atoms with Gasteiger partial charge in [0.25, 0.3) is 5.91 Å². The lowest BCUT2D eigenvalue weighted by Crippen LogP contribution is -2.45. The molecule has 2 atom stereocenters. The van der Waals surface area contributed by atoms with Crippen molar-refractivity contribution < 1.29 is 18.4 Å². The van der Waals surface area contributed by atoms with E-state index in [4.69, 9.17) is 0 Å². The minimum absolute atomic E-state index is 0.0438. The van der Waals surface area contributed by atoms with Gasteiger partial charge in [-0.05, 0) is 12.3 Å². The first-order valence-corrected chi connectivity index (χ1v) is 5.78. The quantitative estimate of drug-likeness (QED) is 0.736. The molecule has 1 saturated heterocycles. The summed E-state index contributed by atoms with van der Waals surface area (Å²) in [5.41, 5.74) is 0. The number of hydrogen-bond donors (Lipinski definition) is 0. The Morgan fingerprint density at radius 3 is 2.60 bits per heavy atom. The molecule has 1 aliphatic rings. The van der Waals surface area contributed by atoms with Crippen LogP contribution in [-0.4, -0.2) is 40.9 Å². The van der Waals surface area contributed by atoms with Gasteiger partial charge >= 0.3 is 6.43 Å². The molecule has 0 aromatic rings. The highest BCUT2D eigenvalue weighted by Crippen LogP contribution is 2.26. The molecule has 86 valence electrons. The van der Waals surface area contributed by atoms with Crippen molar-refractivity contribution in [2.24, 2.45) is 5.92 Å². The lowest BCUT2D eigenvalue weighted by atomic mass is 10.00. The largest absolute Gasteiger partial charge is 0.327 e. The molecule has 0 aromatic carbocycles. The van der Waals surface area contributed by atoms with Crippen LogP contribution in [0, 0.1) is 5.92 Å². The number of halogens is 3. The van der Waals surface area contributed by atoms with Gasteiger partial charge < -0.3 is 4.90 Å². The van der Waals surface area contributed by atoms with Gasteiger partial charge in [-0.3, -0.25) is 9.59 Å². The number of nitrogens with zero attached hydrogens (tertiary/aromatic N) is 1. The molecule has 15 heavy (non-hydrogen) atoms. The minimum Gasteiger partial charge on any atom is -0.327 e. The molecule has 1 heterocycles. The maximum Gasteiger partial charge on any atom is 0.315 e. The summed E-state index contributed by atoms with van der Waals surface area (Å²) in [6.07, 6.45) is -2.43. The molecule has 0 saturated carbocycles. The predicted molar refractivity (Wildman–Crippen MR) is 54.1 cm³/mol. The van der Waals surface area contributed by atoms with E-state index in [0.29, 0.717) is 6.42 Å². The zero-order valence-electron chi connectivity index (χ0n) is 8.25. The second kappa shape index (κ2) is 5.01. The van der Waals surface area contributed by atoms with Crippen molar-refractivity contribution in [3.05, 3.63) is 0 Å². The number of rotatable bonds is 3. The highest BCUT2D eigenvalue weighted by Gasteiger charge is 2.40. The second-order valence-corrected chi connectivity index (χ2v) is 4.20. The second-order valence-electron chi connectivity index (χ2n) is 3.64. The Morgan fingerprint density at radius 1 is 1.53 bits per heavy atom. The Balaban J connectivity index is 2.80. The molecule has 0 spiro atoms. The van der Waals surface area contributed by atoms with Crippen LogP contribution in [-0.2, 0) is 9.59 Å². The summed E-state index contributed by atoms with van der Waals surface area (Å²) in [7, 11) is 0. The van der Waals surface area contributed by atoms with Gasteiger partial charge in [0.05, 0.1) is 11.4 Å². The molecule has 0 aliphatic carbocycles. The summed E-state index contributed by atoms with van der Waals surface area (Å²) in [5, 5.41) is 0.0923. The van der Waals surface area contributed by atoms with Gasteiger partial charge in [-0.25, -0.2) is 0 Å². The molecule has 3 nitrogen and oxygen atoms in total. The Bertz CT molecular complexity index is 273. The van der Waals surface area contributed by atoms with E-state index in [9.17, 15) is 18.4 Å². The topological polar surface area (TPSA) is 37.4 Å². The van der Waals surface area contributed by atoms with Crippen LogP contribution in [0.3, 0.4) is 0 Å². The van der Waals surface area contributed by atoms with Crippen molar-refractivity contribution in [3.63, 3.8) is 0 Å². The maximum absolute atomic E-state index is 12.2. The van der Waals surface area contributed by atoms with Crippen molar-refractivity contribution in [3.8, 4) is 0 Å². The standard InChI is InChI=1S/C9H12BrF2NO2/c1-5-2-3-13(9(15)8(11)12)7(5)6(14)4-10/h5,7-8H,2-4H2,1H3. The van der Waals surface area contributed by atoms with E-state index in [1.165, 1.54) is 0 Å².